The van der Waals surface area contributed by atoms with Crippen molar-refractivity contribution >= 4 is 11.8 Å². The molecule has 2 atom stereocenters. The highest BCUT2D eigenvalue weighted by Crippen LogP contribution is 2.21. The second-order valence-corrected chi connectivity index (χ2v) is 5.77. The molecule has 1 heterocycles. The van der Waals surface area contributed by atoms with Crippen LogP contribution in [0.1, 0.15) is 30.9 Å². The number of nitrogens with one attached hydrogen (secondary N) is 1. The first-order valence-corrected chi connectivity index (χ1v) is 7.64. The van der Waals surface area contributed by atoms with Crippen LogP contribution >= 0.6 is 0 Å². The van der Waals surface area contributed by atoms with E-state index in [0.717, 1.165) is 0 Å². The lowest BCUT2D eigenvalue weighted by atomic mass is 10.0. The second kappa shape index (κ2) is 7.65. The van der Waals surface area contributed by atoms with Gasteiger partial charge in [0, 0.05) is 6.54 Å². The molecule has 1 saturated heterocycles. The number of amides is 2. The van der Waals surface area contributed by atoms with E-state index in [1.807, 2.05) is 0 Å². The Labute approximate surface area is 137 Å². The fraction of sp³-hybridized carbons (Fsp3) is 0.500. The molecule has 1 aliphatic rings. The summed E-state index contributed by atoms with van der Waals surface area (Å²) in [6.07, 6.45) is -5.08. The molecule has 1 aromatic rings. The number of benzene rings is 1. The Balaban J connectivity index is 1.90. The number of alkyl halides is 3. The molecule has 24 heavy (non-hydrogen) atoms. The molecule has 0 aromatic heterocycles. The summed E-state index contributed by atoms with van der Waals surface area (Å²) in [7, 11) is 0. The third kappa shape index (κ3) is 5.23. The molecule has 0 saturated carbocycles. The maximum atomic E-state index is 12.4. The normalized spacial score (nSPS) is 19.9. The van der Waals surface area contributed by atoms with Crippen molar-refractivity contribution in [2.45, 2.75) is 37.6 Å². The standard InChI is InChI=1S/C16H19F3N2O3/c17-16(18,19)10-21-8-4-7-12(15(21)24)20-14(23)9-13(22)11-5-2-1-3-6-11/h1-3,5-6,12-13,22H,4,7-10H2,(H,20,23). The average molecular weight is 344 g/mol. The van der Waals surface area contributed by atoms with Crippen LogP contribution in [0, 0.1) is 0 Å². The van der Waals surface area contributed by atoms with Gasteiger partial charge in [-0.15, -0.1) is 0 Å². The van der Waals surface area contributed by atoms with Gasteiger partial charge in [-0.2, -0.15) is 13.2 Å². The van der Waals surface area contributed by atoms with Crippen LogP contribution in [-0.2, 0) is 9.59 Å². The van der Waals surface area contributed by atoms with Crippen molar-refractivity contribution < 1.29 is 27.9 Å². The minimum Gasteiger partial charge on any atom is -0.388 e. The van der Waals surface area contributed by atoms with E-state index in [-0.39, 0.29) is 13.0 Å². The number of nitrogens with zero attached hydrogens (tertiary/aromatic N) is 1. The lowest BCUT2D eigenvalue weighted by molar-refractivity contribution is -0.165. The van der Waals surface area contributed by atoms with Gasteiger partial charge in [-0.05, 0) is 18.4 Å². The number of halogens is 3. The number of hydrogen-bond donors (Lipinski definition) is 2. The summed E-state index contributed by atoms with van der Waals surface area (Å²) in [4.78, 5) is 24.7. The van der Waals surface area contributed by atoms with Gasteiger partial charge in [-0.3, -0.25) is 9.59 Å². The molecule has 0 bridgehead atoms. The summed E-state index contributed by atoms with van der Waals surface area (Å²) >= 11 is 0. The van der Waals surface area contributed by atoms with E-state index in [2.05, 4.69) is 5.32 Å². The number of likely N-dealkylation sites (tertiary alicyclic amines) is 1. The van der Waals surface area contributed by atoms with Gasteiger partial charge in [0.1, 0.15) is 12.6 Å². The predicted molar refractivity (Wildman–Crippen MR) is 79.8 cm³/mol. The smallest absolute Gasteiger partial charge is 0.388 e. The zero-order valence-corrected chi connectivity index (χ0v) is 12.9. The third-order valence-electron chi connectivity index (χ3n) is 3.80. The van der Waals surface area contributed by atoms with Crippen LogP contribution < -0.4 is 5.32 Å². The highest BCUT2D eigenvalue weighted by Gasteiger charge is 2.37. The minimum atomic E-state index is -4.47. The molecule has 8 heteroatoms. The Kier molecular flexibility index (Phi) is 5.82. The summed E-state index contributed by atoms with van der Waals surface area (Å²) in [6.45, 7) is -1.29. The van der Waals surface area contributed by atoms with Crippen LogP contribution in [0.25, 0.3) is 0 Å². The molecule has 2 N–H and O–H groups in total. The van der Waals surface area contributed by atoms with Crippen molar-refractivity contribution in [1.29, 1.82) is 0 Å². The van der Waals surface area contributed by atoms with Crippen molar-refractivity contribution in [3.63, 3.8) is 0 Å². The van der Waals surface area contributed by atoms with E-state index in [1.165, 1.54) is 0 Å². The van der Waals surface area contributed by atoms with Gasteiger partial charge in [0.05, 0.1) is 12.5 Å². The van der Waals surface area contributed by atoms with E-state index in [0.29, 0.717) is 23.3 Å². The number of hydrogen-bond acceptors (Lipinski definition) is 3. The van der Waals surface area contributed by atoms with Crippen LogP contribution in [0.5, 0.6) is 0 Å². The molecule has 1 aliphatic heterocycles. The van der Waals surface area contributed by atoms with E-state index in [4.69, 9.17) is 0 Å². The summed E-state index contributed by atoms with van der Waals surface area (Å²) in [5.41, 5.74) is 0.557. The van der Waals surface area contributed by atoms with Crippen molar-refractivity contribution in [3.8, 4) is 0 Å². The van der Waals surface area contributed by atoms with Crippen LogP contribution in [0.4, 0.5) is 13.2 Å². The van der Waals surface area contributed by atoms with E-state index >= 15 is 0 Å². The van der Waals surface area contributed by atoms with E-state index in [1.54, 1.807) is 30.3 Å². The summed E-state index contributed by atoms with van der Waals surface area (Å²) in [5.74, 6) is -1.31. The Hall–Kier alpha value is -2.09. The van der Waals surface area contributed by atoms with Crippen molar-refractivity contribution in [3.05, 3.63) is 35.9 Å². The molecule has 1 fully saturated rings. The molecular weight excluding hydrogens is 325 g/mol. The zero-order valence-electron chi connectivity index (χ0n) is 12.9. The first-order chi connectivity index (χ1) is 11.3. The van der Waals surface area contributed by atoms with Gasteiger partial charge in [-0.1, -0.05) is 30.3 Å². The maximum absolute atomic E-state index is 12.4. The summed E-state index contributed by atoms with van der Waals surface area (Å²) in [6, 6.07) is 7.55. The highest BCUT2D eigenvalue weighted by atomic mass is 19.4. The Morgan fingerprint density at radius 3 is 2.62 bits per heavy atom. The molecule has 5 nitrogen and oxygen atoms in total. The van der Waals surface area contributed by atoms with Gasteiger partial charge in [0.15, 0.2) is 0 Å². The molecule has 0 aliphatic carbocycles. The topological polar surface area (TPSA) is 69.6 Å². The molecule has 0 radical (unpaired) electrons. The number of aliphatic hydroxyl groups excluding tert-OH is 1. The van der Waals surface area contributed by atoms with Crippen molar-refractivity contribution in [1.82, 2.24) is 10.2 Å². The predicted octanol–water partition coefficient (Wildman–Crippen LogP) is 1.78. The monoisotopic (exact) mass is 344 g/mol. The first-order valence-electron chi connectivity index (χ1n) is 7.64. The maximum Gasteiger partial charge on any atom is 0.406 e. The fourth-order valence-electron chi connectivity index (χ4n) is 2.67. The highest BCUT2D eigenvalue weighted by molar-refractivity contribution is 5.88. The lowest BCUT2D eigenvalue weighted by Crippen LogP contribution is -2.54. The Bertz CT molecular complexity index is 578. The second-order valence-electron chi connectivity index (χ2n) is 5.77. The number of aliphatic hydroxyl groups is 1. The minimum absolute atomic E-state index is 0.0252. The summed E-state index contributed by atoms with van der Waals surface area (Å²) < 4.78 is 37.3. The molecule has 0 spiro atoms. The molecule has 2 unspecified atom stereocenters. The van der Waals surface area contributed by atoms with E-state index < -0.39 is 36.7 Å². The third-order valence-corrected chi connectivity index (χ3v) is 3.80. The molecular formula is C16H19F3N2O3. The van der Waals surface area contributed by atoms with Crippen molar-refractivity contribution in [2.75, 3.05) is 13.1 Å². The Morgan fingerprint density at radius 2 is 2.00 bits per heavy atom. The van der Waals surface area contributed by atoms with Crippen LogP contribution in [-0.4, -0.2) is 47.1 Å². The largest absolute Gasteiger partial charge is 0.406 e. The molecule has 2 rings (SSSR count). The van der Waals surface area contributed by atoms with Crippen LogP contribution in [0.15, 0.2) is 30.3 Å². The number of piperidine rings is 1. The van der Waals surface area contributed by atoms with Gasteiger partial charge in [0.2, 0.25) is 11.8 Å². The number of rotatable bonds is 5. The van der Waals surface area contributed by atoms with Gasteiger partial charge in [-0.25, -0.2) is 0 Å². The number of carbonyl (C=O) groups excluding carboxylic acids is 2. The molecule has 132 valence electrons. The van der Waals surface area contributed by atoms with Gasteiger partial charge >= 0.3 is 6.18 Å². The lowest BCUT2D eigenvalue weighted by Gasteiger charge is -2.33. The van der Waals surface area contributed by atoms with Crippen molar-refractivity contribution in [2.24, 2.45) is 0 Å². The van der Waals surface area contributed by atoms with Gasteiger partial charge < -0.3 is 15.3 Å². The summed E-state index contributed by atoms with van der Waals surface area (Å²) in [5, 5.41) is 12.4. The first kappa shape index (κ1) is 18.3. The SMILES string of the molecule is O=C(CC(O)c1ccccc1)NC1CCCN(CC(F)(F)F)C1=O. The van der Waals surface area contributed by atoms with E-state index in [9.17, 15) is 27.9 Å². The average Bonchev–Trinajstić information content (AvgIpc) is 2.51. The van der Waals surface area contributed by atoms with Gasteiger partial charge in [0.25, 0.3) is 0 Å². The fourth-order valence-corrected chi connectivity index (χ4v) is 2.67. The zero-order chi connectivity index (χ0) is 17.7. The van der Waals surface area contributed by atoms with Crippen LogP contribution in [0.3, 0.4) is 0 Å². The number of carbonyl (C=O) groups is 2. The molecule has 2 amide bonds. The van der Waals surface area contributed by atoms with Crippen LogP contribution in [0.2, 0.25) is 0 Å². The molecule has 1 aromatic carbocycles. The Morgan fingerprint density at radius 1 is 1.33 bits per heavy atom. The quantitative estimate of drug-likeness (QED) is 0.855.